The molecule has 0 amide bonds. The highest BCUT2D eigenvalue weighted by Gasteiger charge is 2.18. The molecule has 3 N–H and O–H groups in total. The summed E-state index contributed by atoms with van der Waals surface area (Å²) in [5.74, 6) is -0.385. The molecule has 0 aromatic heterocycles. The van der Waals surface area contributed by atoms with Gasteiger partial charge in [-0.3, -0.25) is 0 Å². The first-order valence-electron chi connectivity index (χ1n) is 6.60. The van der Waals surface area contributed by atoms with Gasteiger partial charge in [-0.1, -0.05) is 13.8 Å². The Labute approximate surface area is 120 Å². The topological polar surface area (TPSA) is 73.6 Å². The monoisotopic (exact) mass is 280 g/mol. The lowest BCUT2D eigenvalue weighted by molar-refractivity contribution is 0.0601. The fraction of sp³-hybridized carbons (Fsp3) is 0.533. The first kappa shape index (κ1) is 16.3. The number of anilines is 2. The molecule has 0 heterocycles. The second-order valence-electron chi connectivity index (χ2n) is 5.55. The van der Waals surface area contributed by atoms with Gasteiger partial charge in [-0.05, 0) is 30.0 Å². The van der Waals surface area contributed by atoms with Crippen molar-refractivity contribution in [1.82, 2.24) is 0 Å². The van der Waals surface area contributed by atoms with E-state index in [-0.39, 0.29) is 11.4 Å². The molecule has 0 aliphatic rings. The minimum atomic E-state index is -0.385. The summed E-state index contributed by atoms with van der Waals surface area (Å²) >= 11 is 0. The number of nitrogen functional groups attached to an aromatic ring is 1. The van der Waals surface area contributed by atoms with E-state index in [0.29, 0.717) is 11.3 Å². The summed E-state index contributed by atoms with van der Waals surface area (Å²) in [6, 6.07) is 5.12. The summed E-state index contributed by atoms with van der Waals surface area (Å²) in [5.41, 5.74) is 7.86. The maximum absolute atomic E-state index is 11.4. The molecule has 0 bridgehead atoms. The van der Waals surface area contributed by atoms with Crippen LogP contribution in [-0.2, 0) is 9.47 Å². The van der Waals surface area contributed by atoms with Crippen molar-refractivity contribution in [2.45, 2.75) is 20.3 Å². The highest BCUT2D eigenvalue weighted by atomic mass is 16.5. The van der Waals surface area contributed by atoms with Gasteiger partial charge in [0, 0.05) is 20.3 Å². The third-order valence-corrected chi connectivity index (χ3v) is 3.21. The molecule has 0 aliphatic carbocycles. The summed E-state index contributed by atoms with van der Waals surface area (Å²) in [5, 5.41) is 3.31. The molecule has 0 aliphatic heterocycles. The maximum atomic E-state index is 11.4. The molecule has 1 aromatic rings. The Morgan fingerprint density at radius 1 is 1.35 bits per heavy atom. The van der Waals surface area contributed by atoms with Crippen LogP contribution in [0.5, 0.6) is 0 Å². The molecule has 5 heteroatoms. The van der Waals surface area contributed by atoms with Crippen molar-refractivity contribution in [3.63, 3.8) is 0 Å². The van der Waals surface area contributed by atoms with Crippen LogP contribution in [0.1, 0.15) is 30.6 Å². The zero-order valence-corrected chi connectivity index (χ0v) is 12.7. The average Bonchev–Trinajstić information content (AvgIpc) is 2.43. The highest BCUT2D eigenvalue weighted by molar-refractivity contribution is 5.91. The normalized spacial score (nSPS) is 11.2. The zero-order valence-electron chi connectivity index (χ0n) is 12.7. The minimum absolute atomic E-state index is 0.101. The standard InChI is InChI=1S/C15H24N2O3/c1-15(2,7-8-19-3)10-17-13-6-5-11(9-12(13)16)14(18)20-4/h5-6,9,17H,7-8,10,16H2,1-4H3. The van der Waals surface area contributed by atoms with Gasteiger partial charge < -0.3 is 20.5 Å². The van der Waals surface area contributed by atoms with E-state index in [1.54, 1.807) is 25.3 Å². The molecule has 0 saturated heterocycles. The Balaban J connectivity index is 2.67. The number of esters is 1. The SMILES string of the molecule is COCCC(C)(C)CNc1ccc(C(=O)OC)cc1N. The Morgan fingerprint density at radius 3 is 2.60 bits per heavy atom. The van der Waals surface area contributed by atoms with Crippen LogP contribution in [0, 0.1) is 5.41 Å². The van der Waals surface area contributed by atoms with Crippen LogP contribution in [0.15, 0.2) is 18.2 Å². The summed E-state index contributed by atoms with van der Waals surface area (Å²) < 4.78 is 9.76. The first-order valence-corrected chi connectivity index (χ1v) is 6.60. The fourth-order valence-electron chi connectivity index (χ4n) is 1.77. The predicted molar refractivity (Wildman–Crippen MR) is 81.0 cm³/mol. The third-order valence-electron chi connectivity index (χ3n) is 3.21. The van der Waals surface area contributed by atoms with E-state index in [4.69, 9.17) is 10.5 Å². The van der Waals surface area contributed by atoms with Gasteiger partial charge in [0.2, 0.25) is 0 Å². The molecule has 1 aromatic carbocycles. The molecule has 0 radical (unpaired) electrons. The molecule has 0 atom stereocenters. The van der Waals surface area contributed by atoms with Crippen LogP contribution in [0.4, 0.5) is 11.4 Å². The van der Waals surface area contributed by atoms with Gasteiger partial charge in [0.1, 0.15) is 0 Å². The lowest BCUT2D eigenvalue weighted by Crippen LogP contribution is -2.25. The van der Waals surface area contributed by atoms with Crippen molar-refractivity contribution < 1.29 is 14.3 Å². The quantitative estimate of drug-likeness (QED) is 0.593. The van der Waals surface area contributed by atoms with Crippen molar-refractivity contribution in [3.8, 4) is 0 Å². The number of carbonyl (C=O) groups excluding carboxylic acids is 1. The molecule has 20 heavy (non-hydrogen) atoms. The molecule has 0 saturated carbocycles. The molecule has 0 unspecified atom stereocenters. The number of benzene rings is 1. The van der Waals surface area contributed by atoms with E-state index in [0.717, 1.165) is 25.3 Å². The lowest BCUT2D eigenvalue weighted by atomic mass is 9.89. The fourth-order valence-corrected chi connectivity index (χ4v) is 1.77. The van der Waals surface area contributed by atoms with Crippen LogP contribution in [0.3, 0.4) is 0 Å². The number of carbonyl (C=O) groups is 1. The smallest absolute Gasteiger partial charge is 0.337 e. The average molecular weight is 280 g/mol. The molecular formula is C15H24N2O3. The van der Waals surface area contributed by atoms with E-state index in [2.05, 4.69) is 23.9 Å². The van der Waals surface area contributed by atoms with Gasteiger partial charge in [-0.2, -0.15) is 0 Å². The second-order valence-corrected chi connectivity index (χ2v) is 5.55. The van der Waals surface area contributed by atoms with Gasteiger partial charge in [-0.15, -0.1) is 0 Å². The van der Waals surface area contributed by atoms with E-state index < -0.39 is 0 Å². The van der Waals surface area contributed by atoms with Crippen molar-refractivity contribution in [3.05, 3.63) is 23.8 Å². The van der Waals surface area contributed by atoms with Crippen LogP contribution in [0.2, 0.25) is 0 Å². The van der Waals surface area contributed by atoms with Crippen molar-refractivity contribution in [2.75, 3.05) is 38.4 Å². The number of nitrogens with one attached hydrogen (secondary N) is 1. The van der Waals surface area contributed by atoms with Gasteiger partial charge in [-0.25, -0.2) is 4.79 Å². The van der Waals surface area contributed by atoms with Crippen LogP contribution < -0.4 is 11.1 Å². The number of hydrogen-bond acceptors (Lipinski definition) is 5. The summed E-state index contributed by atoms with van der Waals surface area (Å²) in [6.07, 6.45) is 0.955. The minimum Gasteiger partial charge on any atom is -0.465 e. The number of nitrogens with two attached hydrogens (primary N) is 1. The van der Waals surface area contributed by atoms with Crippen LogP contribution >= 0.6 is 0 Å². The number of rotatable bonds is 7. The van der Waals surface area contributed by atoms with E-state index in [9.17, 15) is 4.79 Å². The van der Waals surface area contributed by atoms with Gasteiger partial charge in [0.05, 0.1) is 24.0 Å². The van der Waals surface area contributed by atoms with Gasteiger partial charge in [0.15, 0.2) is 0 Å². The van der Waals surface area contributed by atoms with Crippen LogP contribution in [-0.4, -0.2) is 33.3 Å². The molecule has 0 spiro atoms. The van der Waals surface area contributed by atoms with Crippen molar-refractivity contribution in [2.24, 2.45) is 5.41 Å². The maximum Gasteiger partial charge on any atom is 0.337 e. The highest BCUT2D eigenvalue weighted by Crippen LogP contribution is 2.25. The largest absolute Gasteiger partial charge is 0.465 e. The van der Waals surface area contributed by atoms with E-state index in [1.165, 1.54) is 7.11 Å². The summed E-state index contributed by atoms with van der Waals surface area (Å²) in [4.78, 5) is 11.4. The number of hydrogen-bond donors (Lipinski definition) is 2. The Kier molecular flexibility index (Phi) is 5.82. The van der Waals surface area contributed by atoms with E-state index >= 15 is 0 Å². The van der Waals surface area contributed by atoms with E-state index in [1.807, 2.05) is 0 Å². The molecule has 112 valence electrons. The molecule has 0 fully saturated rings. The summed E-state index contributed by atoms with van der Waals surface area (Å²) in [6.45, 7) is 5.83. The van der Waals surface area contributed by atoms with Gasteiger partial charge in [0.25, 0.3) is 0 Å². The number of methoxy groups -OCH3 is 2. The molecular weight excluding hydrogens is 256 g/mol. The lowest BCUT2D eigenvalue weighted by Gasteiger charge is -2.25. The Morgan fingerprint density at radius 2 is 2.05 bits per heavy atom. The zero-order chi connectivity index (χ0) is 15.2. The molecule has 1 rings (SSSR count). The number of ether oxygens (including phenoxy) is 2. The van der Waals surface area contributed by atoms with Crippen molar-refractivity contribution in [1.29, 1.82) is 0 Å². The predicted octanol–water partition coefficient (Wildman–Crippen LogP) is 2.53. The van der Waals surface area contributed by atoms with Gasteiger partial charge >= 0.3 is 5.97 Å². The van der Waals surface area contributed by atoms with Crippen LogP contribution in [0.25, 0.3) is 0 Å². The molecule has 5 nitrogen and oxygen atoms in total. The van der Waals surface area contributed by atoms with Crippen molar-refractivity contribution >= 4 is 17.3 Å². The Bertz CT molecular complexity index is 458. The summed E-state index contributed by atoms with van der Waals surface area (Å²) in [7, 11) is 3.05. The second kappa shape index (κ2) is 7.14. The third kappa shape index (κ3) is 4.74. The first-order chi connectivity index (χ1) is 9.39. The Hall–Kier alpha value is -1.75.